The van der Waals surface area contributed by atoms with Gasteiger partial charge in [0.1, 0.15) is 5.75 Å². The maximum atomic E-state index is 5.60. The van der Waals surface area contributed by atoms with Crippen LogP contribution in [0.25, 0.3) is 0 Å². The Bertz CT molecular complexity index is 428. The molecule has 0 heterocycles. The monoisotopic (exact) mass is 285 g/mol. The van der Waals surface area contributed by atoms with Gasteiger partial charge in [0.15, 0.2) is 0 Å². The molecule has 0 radical (unpaired) electrons. The number of nitrogens with one attached hydrogen (secondary N) is 1. The summed E-state index contributed by atoms with van der Waals surface area (Å²) in [4.78, 5) is 0. The molecule has 0 saturated heterocycles. The van der Waals surface area contributed by atoms with Crippen molar-refractivity contribution in [2.45, 2.75) is 13.0 Å². The van der Waals surface area contributed by atoms with E-state index in [2.05, 4.69) is 29.6 Å². The lowest BCUT2D eigenvalue weighted by Gasteiger charge is -2.07. The number of rotatable bonds is 10. The molecule has 0 aromatic heterocycles. The highest BCUT2D eigenvalue weighted by molar-refractivity contribution is 5.20. The highest BCUT2D eigenvalue weighted by atomic mass is 16.5. The Labute approximate surface area is 126 Å². The van der Waals surface area contributed by atoms with Crippen molar-refractivity contribution >= 4 is 0 Å². The number of benzene rings is 2. The molecule has 2 aromatic carbocycles. The van der Waals surface area contributed by atoms with E-state index >= 15 is 0 Å². The molecule has 0 aliphatic rings. The highest BCUT2D eigenvalue weighted by Gasteiger charge is 1.94. The normalized spacial score (nSPS) is 10.5. The van der Waals surface area contributed by atoms with Gasteiger partial charge in [0, 0.05) is 26.1 Å². The summed E-state index contributed by atoms with van der Waals surface area (Å²) < 4.78 is 11.2. The molecule has 21 heavy (non-hydrogen) atoms. The van der Waals surface area contributed by atoms with Gasteiger partial charge < -0.3 is 14.8 Å². The average Bonchev–Trinajstić information content (AvgIpc) is 2.55. The van der Waals surface area contributed by atoms with Crippen LogP contribution >= 0.6 is 0 Å². The van der Waals surface area contributed by atoms with Gasteiger partial charge >= 0.3 is 0 Å². The fourth-order valence-electron chi connectivity index (χ4n) is 1.94. The molecule has 3 nitrogen and oxygen atoms in total. The zero-order valence-corrected chi connectivity index (χ0v) is 12.3. The molecule has 0 bridgehead atoms. The minimum Gasteiger partial charge on any atom is -0.494 e. The van der Waals surface area contributed by atoms with Gasteiger partial charge in [-0.1, -0.05) is 48.5 Å². The summed E-state index contributed by atoms with van der Waals surface area (Å²) in [7, 11) is 0. The summed E-state index contributed by atoms with van der Waals surface area (Å²) in [5.41, 5.74) is 1.30. The Morgan fingerprint density at radius 1 is 0.762 bits per heavy atom. The van der Waals surface area contributed by atoms with Crippen molar-refractivity contribution in [1.29, 1.82) is 0 Å². The maximum absolute atomic E-state index is 5.60. The third-order valence-electron chi connectivity index (χ3n) is 3.04. The highest BCUT2D eigenvalue weighted by Crippen LogP contribution is 2.08. The summed E-state index contributed by atoms with van der Waals surface area (Å²) in [6.45, 7) is 3.93. The van der Waals surface area contributed by atoms with E-state index in [-0.39, 0.29) is 0 Å². The van der Waals surface area contributed by atoms with Crippen LogP contribution in [0.15, 0.2) is 60.7 Å². The summed E-state index contributed by atoms with van der Waals surface area (Å²) in [5, 5.41) is 3.36. The summed E-state index contributed by atoms with van der Waals surface area (Å²) in [6, 6.07) is 20.3. The molecule has 0 aliphatic carbocycles. The van der Waals surface area contributed by atoms with Gasteiger partial charge in [-0.05, 0) is 17.7 Å². The fraction of sp³-hybridized carbons (Fsp3) is 0.333. The molecule has 0 aliphatic heterocycles. The zero-order valence-electron chi connectivity index (χ0n) is 12.3. The number of ether oxygens (including phenoxy) is 2. The number of hydrogen-bond donors (Lipinski definition) is 1. The summed E-state index contributed by atoms with van der Waals surface area (Å²) in [5.74, 6) is 0.919. The van der Waals surface area contributed by atoms with E-state index in [0.29, 0.717) is 6.61 Å². The Hall–Kier alpha value is -1.84. The fourth-order valence-corrected chi connectivity index (χ4v) is 1.94. The van der Waals surface area contributed by atoms with Crippen LogP contribution in [0.5, 0.6) is 5.75 Å². The SMILES string of the molecule is c1ccc(CNCCOCCCOc2ccccc2)cc1. The van der Waals surface area contributed by atoms with E-state index in [9.17, 15) is 0 Å². The van der Waals surface area contributed by atoms with Crippen molar-refractivity contribution in [2.75, 3.05) is 26.4 Å². The number of hydrogen-bond acceptors (Lipinski definition) is 3. The lowest BCUT2D eigenvalue weighted by Crippen LogP contribution is -2.19. The van der Waals surface area contributed by atoms with Gasteiger partial charge in [0.25, 0.3) is 0 Å². The Morgan fingerprint density at radius 3 is 2.24 bits per heavy atom. The Kier molecular flexibility index (Phi) is 7.38. The van der Waals surface area contributed by atoms with Crippen LogP contribution in [0.4, 0.5) is 0 Å². The second kappa shape index (κ2) is 9.97. The molecule has 0 atom stereocenters. The van der Waals surface area contributed by atoms with Crippen LogP contribution in [-0.2, 0) is 11.3 Å². The first-order valence-corrected chi connectivity index (χ1v) is 7.45. The molecule has 112 valence electrons. The second-order valence-corrected chi connectivity index (χ2v) is 4.79. The van der Waals surface area contributed by atoms with E-state index < -0.39 is 0 Å². The lowest BCUT2D eigenvalue weighted by molar-refractivity contribution is 0.121. The minimum atomic E-state index is 0.696. The average molecular weight is 285 g/mol. The molecule has 0 unspecified atom stereocenters. The van der Waals surface area contributed by atoms with Crippen LogP contribution in [0, 0.1) is 0 Å². The van der Waals surface area contributed by atoms with Crippen molar-refractivity contribution in [3.63, 3.8) is 0 Å². The standard InChI is InChI=1S/C18H23NO2/c1-3-8-17(9-4-1)16-19-12-15-20-13-7-14-21-18-10-5-2-6-11-18/h1-6,8-11,19H,7,12-16H2. The van der Waals surface area contributed by atoms with E-state index in [4.69, 9.17) is 9.47 Å². The predicted octanol–water partition coefficient (Wildman–Crippen LogP) is 3.26. The molecule has 0 spiro atoms. The van der Waals surface area contributed by atoms with Gasteiger partial charge in [0.05, 0.1) is 13.2 Å². The van der Waals surface area contributed by atoms with Gasteiger partial charge in [-0.2, -0.15) is 0 Å². The van der Waals surface area contributed by atoms with Gasteiger partial charge in [0.2, 0.25) is 0 Å². The largest absolute Gasteiger partial charge is 0.494 e. The van der Waals surface area contributed by atoms with Crippen LogP contribution < -0.4 is 10.1 Å². The van der Waals surface area contributed by atoms with Crippen LogP contribution in [0.1, 0.15) is 12.0 Å². The van der Waals surface area contributed by atoms with Crippen molar-refractivity contribution in [3.05, 3.63) is 66.2 Å². The van der Waals surface area contributed by atoms with Crippen molar-refractivity contribution in [1.82, 2.24) is 5.32 Å². The van der Waals surface area contributed by atoms with Gasteiger partial charge in [-0.25, -0.2) is 0 Å². The van der Waals surface area contributed by atoms with Crippen LogP contribution in [0.3, 0.4) is 0 Å². The van der Waals surface area contributed by atoms with Gasteiger partial charge in [-0.15, -0.1) is 0 Å². The van der Waals surface area contributed by atoms with Crippen LogP contribution in [-0.4, -0.2) is 26.4 Å². The molecule has 2 rings (SSSR count). The first kappa shape index (κ1) is 15.5. The molecule has 0 amide bonds. The minimum absolute atomic E-state index is 0.696. The molecule has 0 saturated carbocycles. The third kappa shape index (κ3) is 6.93. The topological polar surface area (TPSA) is 30.5 Å². The second-order valence-electron chi connectivity index (χ2n) is 4.79. The molecule has 2 aromatic rings. The van der Waals surface area contributed by atoms with Gasteiger partial charge in [-0.3, -0.25) is 0 Å². The first-order valence-electron chi connectivity index (χ1n) is 7.45. The molecule has 3 heteroatoms. The van der Waals surface area contributed by atoms with E-state index in [0.717, 1.165) is 38.5 Å². The zero-order chi connectivity index (χ0) is 14.6. The first-order chi connectivity index (χ1) is 10.4. The van der Waals surface area contributed by atoms with Crippen molar-refractivity contribution in [2.24, 2.45) is 0 Å². The quantitative estimate of drug-likeness (QED) is 0.680. The van der Waals surface area contributed by atoms with E-state index in [1.807, 2.05) is 36.4 Å². The van der Waals surface area contributed by atoms with E-state index in [1.54, 1.807) is 0 Å². The van der Waals surface area contributed by atoms with Crippen LogP contribution in [0.2, 0.25) is 0 Å². The Morgan fingerprint density at radius 2 is 1.48 bits per heavy atom. The predicted molar refractivity (Wildman–Crippen MR) is 85.5 cm³/mol. The van der Waals surface area contributed by atoms with Crippen molar-refractivity contribution < 1.29 is 9.47 Å². The molecule has 0 fully saturated rings. The van der Waals surface area contributed by atoms with Crippen molar-refractivity contribution in [3.8, 4) is 5.75 Å². The molecular formula is C18H23NO2. The summed E-state index contributed by atoms with van der Waals surface area (Å²) in [6.07, 6.45) is 0.910. The smallest absolute Gasteiger partial charge is 0.119 e. The number of para-hydroxylation sites is 1. The molecular weight excluding hydrogens is 262 g/mol. The lowest BCUT2D eigenvalue weighted by atomic mass is 10.2. The summed E-state index contributed by atoms with van der Waals surface area (Å²) >= 11 is 0. The Balaban J connectivity index is 1.40. The van der Waals surface area contributed by atoms with E-state index in [1.165, 1.54) is 5.56 Å². The molecule has 1 N–H and O–H groups in total. The third-order valence-corrected chi connectivity index (χ3v) is 3.04. The maximum Gasteiger partial charge on any atom is 0.119 e.